The normalized spacial score (nSPS) is 11.6. The Hall–Kier alpha value is -8.40. The molecule has 3 aromatic heterocycles. The summed E-state index contributed by atoms with van der Waals surface area (Å²) in [6.45, 7) is 15.4. The van der Waals surface area contributed by atoms with Crippen molar-refractivity contribution in [1.82, 2.24) is 40.3 Å². The van der Waals surface area contributed by atoms with Gasteiger partial charge in [-0.05, 0) is 225 Å². The number of carbonyl (C=O) groups is 13. The van der Waals surface area contributed by atoms with E-state index in [9.17, 15) is 62.3 Å². The number of halogens is 3. The van der Waals surface area contributed by atoms with E-state index in [4.69, 9.17) is 99.3 Å². The van der Waals surface area contributed by atoms with Gasteiger partial charge in [0.25, 0.3) is 17.7 Å². The van der Waals surface area contributed by atoms with Gasteiger partial charge in [-0.1, -0.05) is 102 Å². The zero-order chi connectivity index (χ0) is 102. The Morgan fingerprint density at radius 1 is 0.409 bits per heavy atom. The molecule has 0 radical (unpaired) electrons. The summed E-state index contributed by atoms with van der Waals surface area (Å²) in [5.74, 6) is -3.38. The fourth-order valence-corrected chi connectivity index (χ4v) is 15.4. The van der Waals surface area contributed by atoms with Crippen molar-refractivity contribution in [2.75, 3.05) is 114 Å². The minimum atomic E-state index is -0.740. The Labute approximate surface area is 873 Å². The molecule has 0 aliphatic carbocycles. The van der Waals surface area contributed by atoms with Crippen molar-refractivity contribution in [1.29, 1.82) is 0 Å². The fourth-order valence-electron chi connectivity index (χ4n) is 13.8. The SMILES string of the molecule is CC(=O)[C@H](C[S-])[N-]CC[N-][C@@H](C[S-])C(=O)NCCCCNC(=O)Cc1c(C)n(C(=O)c2ccc(Cl)cc2)c2ccc(C)cc12.CCc1c(C)n(C(=O)c2ccc(Cl)cc2)c2ccc(OCCCCNC(=O)C[N-]C(=O)C[N-]C(=O)C[N-]C(=O)C[S-])cc12.Cc1ccc2c(c1)c(CC(=O)NCCCCNC(=O)[C@H](C[S-])[N-]CC[N-][C@@H](C[S-])C(N)=O)c(C)n2C(=O)c1ccc(Cl)cc1.[CH2]=[99Tc+4].[CH2]=[99Tc+4].[O]=[99Tc+4]. The number of fused-ring (bicyclic) bond motifs is 3. The average Bonchev–Trinajstić information content (AvgIpc) is 1.62. The number of hydrogen-bond donors (Lipinski definition) is 6. The maximum atomic E-state index is 13.4. The number of amides is 9. The first-order valence-electron chi connectivity index (χ1n) is 43.2. The van der Waals surface area contributed by atoms with Crippen LogP contribution in [0.4, 0.5) is 0 Å². The number of aromatic nitrogens is 3. The molecular weight excluding hydrogens is 2170 g/mol. The number of nitrogens with zero attached hydrogens (tertiary/aromatic N) is 10. The first kappa shape index (κ1) is 121. The standard InChI is InChI=1S/C32H40ClN5O4S2.C31H39ClN6O4S2.C30H36ClN5O6S.2CH2.O.3Tc/c1-20-6-11-29-26(16-20)25(21(2)38(29)32(42)23-7-9-24(33)10-8-23)17-30(40)36-12-4-5-13-37-31(41)28(19-44)35-15-14-34-27(18-43)22(3)39;1-19-5-10-27-24(15-19)23(20(2)38(27)31(42)21-6-8-22(32)9-7-21)16-28(39)36-11-3-4-12-37-30(41)26(18-44)35-14-13-34-25(17-43)29(33)40;1-3-23-19(2)36(30(41)20-6-8-21(31)9-7-20)25-11-10-22(14-24(23)25)42-13-5-4-12-32-26(37)15-33-27(38)16-34-28(39)17-35-29(40)18-43;;;;;;/h6-11,16,27-28,43-44H,4-5,12-15,17-19H2,1-3H3,(H,36,40)(H,37,41);5-10,15,25-26,43-44H,3-4,11-14,16-18H2,1-2H3,(H2,33,40)(H,36,39)(H,37,41);6-11,14H,3-5,12-13,15-18H2,1-2H3,(H5,32,33,34,35,37,38,39,40,43);2*1H2;;;;/q2*-2;;;;;3*+4/p-8/t27-,28-;25-,26-;;;;;;;/m00......./s1/i;;;;;;3*1+1. The third-order valence-corrected chi connectivity index (χ3v) is 23.0. The molecule has 0 saturated carbocycles. The van der Waals surface area contributed by atoms with Gasteiger partial charge in [0.15, 0.2) is 5.91 Å². The number of primary amides is 1. The molecule has 733 valence electrons. The molecule has 9 amide bonds. The second kappa shape index (κ2) is 66.3. The summed E-state index contributed by atoms with van der Waals surface area (Å²) in [4.78, 5) is 160. The van der Waals surface area contributed by atoms with Crippen molar-refractivity contribution in [3.63, 3.8) is 0 Å². The number of Topliss-reactive ketones (excluding diaryl/α,β-unsaturated/α-hetero) is 1. The zero-order valence-electron chi connectivity index (χ0n) is 76.9. The second-order valence-electron chi connectivity index (χ2n) is 30.3. The van der Waals surface area contributed by atoms with Crippen LogP contribution in [0.25, 0.3) is 69.9 Å². The number of unbranched alkanes of at least 4 members (excludes halogenated alkanes) is 3. The predicted octanol–water partition coefficient (Wildman–Crippen LogP) is 11.7. The molecule has 0 saturated heterocycles. The molecule has 6 aromatic carbocycles. The molecule has 9 aromatic rings. The van der Waals surface area contributed by atoms with Gasteiger partial charge in [-0.15, -0.1) is 5.75 Å². The molecule has 4 atom stereocenters. The summed E-state index contributed by atoms with van der Waals surface area (Å²) in [7, 11) is 0. The molecule has 0 spiro atoms. The Balaban J connectivity index is 0.000000417. The summed E-state index contributed by atoms with van der Waals surface area (Å²) in [6.07, 6.45) is 4.98. The first-order chi connectivity index (χ1) is 65.8. The topological polar surface area (TPSA) is 448 Å². The number of rotatable bonds is 49. The van der Waals surface area contributed by atoms with Crippen LogP contribution in [0.3, 0.4) is 0 Å². The Kier molecular flexibility index (Phi) is 58.5. The molecule has 0 bridgehead atoms. The van der Waals surface area contributed by atoms with Crippen LogP contribution in [0.1, 0.15) is 128 Å². The predicted molar refractivity (Wildman–Crippen MR) is 542 cm³/mol. The minimum absolute atomic E-state index is 0.0757. The quantitative estimate of drug-likeness (QED) is 0.0152. The van der Waals surface area contributed by atoms with E-state index in [1.165, 1.54) is 6.92 Å². The number of nitrogens with one attached hydrogen (secondary N) is 5. The molecule has 7 N–H and O–H groups in total. The van der Waals surface area contributed by atoms with Gasteiger partial charge in [0.2, 0.25) is 29.5 Å². The van der Waals surface area contributed by atoms with E-state index in [0.29, 0.717) is 134 Å². The second-order valence-corrected chi connectivity index (χ2v) is 33.2. The average molecular weight is 2280 g/mol. The van der Waals surface area contributed by atoms with Gasteiger partial charge < -0.3 is 157 Å². The van der Waals surface area contributed by atoms with Gasteiger partial charge in [-0.25, -0.2) is 0 Å². The summed E-state index contributed by atoms with van der Waals surface area (Å²) in [5.41, 5.74) is 16.2. The summed E-state index contributed by atoms with van der Waals surface area (Å²) in [6, 6.07) is 35.1. The molecule has 9 rings (SSSR count). The van der Waals surface area contributed by atoms with Crippen LogP contribution in [-0.4, -0.2) is 239 Å². The zero-order valence-corrected chi connectivity index (χ0v) is 88.8. The van der Waals surface area contributed by atoms with Crippen molar-refractivity contribution in [2.24, 2.45) is 5.73 Å². The van der Waals surface area contributed by atoms with Gasteiger partial charge >= 0.3 is 69.3 Å². The molecule has 0 aliphatic heterocycles. The molecule has 42 heteroatoms. The summed E-state index contributed by atoms with van der Waals surface area (Å²) < 4.78 is 19.2. The van der Waals surface area contributed by atoms with Crippen LogP contribution in [0.5, 0.6) is 5.75 Å². The molecule has 3 heterocycles. The number of nitrogens with two attached hydrogens (primary N) is 1. The van der Waals surface area contributed by atoms with Crippen LogP contribution in [0.15, 0.2) is 127 Å². The summed E-state index contributed by atoms with van der Waals surface area (Å²) in [5, 5.41) is 52.4. The van der Waals surface area contributed by atoms with Crippen molar-refractivity contribution in [3.8, 4) is 5.75 Å². The van der Waals surface area contributed by atoms with E-state index in [2.05, 4.69) is 86.5 Å². The van der Waals surface area contributed by atoms with Gasteiger partial charge in [0, 0.05) is 115 Å². The van der Waals surface area contributed by atoms with Gasteiger partial charge in [0.05, 0.1) is 36.0 Å². The molecular formula is C95H111Cl3N16O15S5Tc3. The van der Waals surface area contributed by atoms with Crippen LogP contribution in [-0.2, 0) is 190 Å². The van der Waals surface area contributed by atoms with Gasteiger partial charge in [-0.2, -0.15) is 49.2 Å². The van der Waals surface area contributed by atoms with Crippen LogP contribution >= 0.6 is 34.8 Å². The number of ketones is 1. The molecule has 0 aliphatic rings. The monoisotopic (exact) mass is 2280 g/mol. The Morgan fingerprint density at radius 2 is 0.730 bits per heavy atom. The van der Waals surface area contributed by atoms with Gasteiger partial charge in [-0.3, -0.25) is 56.9 Å². The molecule has 0 fully saturated rings. The maximum absolute atomic E-state index is 13.4. The van der Waals surface area contributed by atoms with E-state index < -0.39 is 66.8 Å². The Morgan fingerprint density at radius 3 is 1.09 bits per heavy atom. The number of aryl methyl sites for hydroxylation is 3. The van der Waals surface area contributed by atoms with Crippen LogP contribution < -0.4 is 37.1 Å². The van der Waals surface area contributed by atoms with Crippen molar-refractivity contribution < 1.29 is 126 Å². The third-order valence-electron chi connectivity index (χ3n) is 20.7. The van der Waals surface area contributed by atoms with Crippen molar-refractivity contribution in [2.45, 2.75) is 130 Å². The first-order valence-corrected chi connectivity index (χ1v) is 50.6. The fraction of sp³-hybridized carbons (Fsp3) is 0.400. The van der Waals surface area contributed by atoms with Gasteiger partial charge in [0.1, 0.15) is 11.5 Å². The molecule has 0 unspecified atom stereocenters. The Bertz CT molecular complexity index is 5310. The van der Waals surface area contributed by atoms with Crippen molar-refractivity contribution >= 4 is 217 Å². The van der Waals surface area contributed by atoms with Crippen LogP contribution in [0.2, 0.25) is 15.1 Å². The van der Waals surface area contributed by atoms with E-state index in [0.717, 1.165) is 97.2 Å². The van der Waals surface area contributed by atoms with E-state index in [1.807, 2.05) is 133 Å². The van der Waals surface area contributed by atoms with E-state index in [-0.39, 0.29) is 108 Å². The third kappa shape index (κ3) is 39.9. The number of carbonyl (C=O) groups excluding carboxylic acids is 13. The molecule has 31 nitrogen and oxygen atoms in total. The van der Waals surface area contributed by atoms with Crippen LogP contribution in [0, 0.1) is 34.6 Å². The van der Waals surface area contributed by atoms with E-state index in [1.54, 1.807) is 86.5 Å². The number of hydrogen-bond acceptors (Lipinski definition) is 20. The summed E-state index contributed by atoms with van der Waals surface area (Å²) >= 11 is 47.1. The number of ether oxygens (including phenoxy) is 1. The van der Waals surface area contributed by atoms with Crippen molar-refractivity contribution in [3.05, 3.63) is 241 Å². The van der Waals surface area contributed by atoms with E-state index >= 15 is 0 Å². The number of benzene rings is 6. The molecule has 137 heavy (non-hydrogen) atoms.